The van der Waals surface area contributed by atoms with Crippen LogP contribution in [0.5, 0.6) is 11.5 Å². The van der Waals surface area contributed by atoms with Crippen LogP contribution in [-0.4, -0.2) is 33.5 Å². The summed E-state index contributed by atoms with van der Waals surface area (Å²) < 4.78 is 37.7. The molecule has 0 saturated heterocycles. The molecular formula is C17H18N2O5S. The molecule has 0 spiro atoms. The number of carbonyl (C=O) groups is 1. The lowest BCUT2D eigenvalue weighted by atomic mass is 10.1. The first-order valence-corrected chi connectivity index (χ1v) is 9.09. The van der Waals surface area contributed by atoms with E-state index >= 15 is 0 Å². The topological polar surface area (TPSA) is 85.8 Å². The molecule has 1 amide bonds. The molecule has 0 unspecified atom stereocenters. The number of hydrogen-bond donors (Lipinski definition) is 0. The summed E-state index contributed by atoms with van der Waals surface area (Å²) >= 11 is 0. The number of nitrogens with zero attached hydrogens (tertiary/aromatic N) is 2. The smallest absolute Gasteiger partial charge is 0.272 e. The number of methoxy groups -OCH3 is 2. The van der Waals surface area contributed by atoms with Crippen molar-refractivity contribution >= 4 is 21.7 Å². The molecule has 132 valence electrons. The number of pyridine rings is 1. The van der Waals surface area contributed by atoms with E-state index < -0.39 is 15.9 Å². The second-order valence-corrected chi connectivity index (χ2v) is 7.38. The van der Waals surface area contributed by atoms with E-state index in [1.54, 1.807) is 25.1 Å². The minimum atomic E-state index is -4.12. The van der Waals surface area contributed by atoms with Crippen LogP contribution < -0.4 is 13.8 Å². The van der Waals surface area contributed by atoms with Crippen LogP contribution in [0.15, 0.2) is 35.4 Å². The summed E-state index contributed by atoms with van der Waals surface area (Å²) in [6.45, 7) is 1.71. The third-order valence-electron chi connectivity index (χ3n) is 4.09. The van der Waals surface area contributed by atoms with Crippen molar-refractivity contribution in [3.63, 3.8) is 0 Å². The SMILES string of the molecule is COc1cc2c(cc1OC)S(=O)(=O)N(c1ncccc1C)C(=O)CC2. The molecule has 0 bridgehead atoms. The Hall–Kier alpha value is -2.61. The molecule has 0 fully saturated rings. The van der Waals surface area contributed by atoms with Gasteiger partial charge in [0.25, 0.3) is 10.0 Å². The van der Waals surface area contributed by atoms with Crippen molar-refractivity contribution in [3.8, 4) is 11.5 Å². The maximum Gasteiger partial charge on any atom is 0.272 e. The fourth-order valence-corrected chi connectivity index (χ4v) is 4.56. The van der Waals surface area contributed by atoms with Gasteiger partial charge >= 0.3 is 0 Å². The summed E-state index contributed by atoms with van der Waals surface area (Å²) in [7, 11) is -1.21. The monoisotopic (exact) mass is 362 g/mol. The number of sulfonamides is 1. The van der Waals surface area contributed by atoms with Gasteiger partial charge in [0.2, 0.25) is 5.91 Å². The second kappa shape index (κ2) is 6.36. The maximum absolute atomic E-state index is 13.2. The average molecular weight is 362 g/mol. The van der Waals surface area contributed by atoms with Crippen LogP contribution in [0, 0.1) is 6.92 Å². The molecule has 2 aromatic rings. The van der Waals surface area contributed by atoms with Crippen molar-refractivity contribution in [2.45, 2.75) is 24.7 Å². The largest absolute Gasteiger partial charge is 0.493 e. The highest BCUT2D eigenvalue weighted by Crippen LogP contribution is 2.38. The first-order valence-electron chi connectivity index (χ1n) is 7.65. The van der Waals surface area contributed by atoms with Gasteiger partial charge in [-0.2, -0.15) is 4.31 Å². The molecule has 1 aromatic heterocycles. The van der Waals surface area contributed by atoms with Gasteiger partial charge in [0, 0.05) is 18.7 Å². The summed E-state index contributed by atoms with van der Waals surface area (Å²) in [6, 6.07) is 6.41. The van der Waals surface area contributed by atoms with Crippen molar-refractivity contribution in [2.75, 3.05) is 18.5 Å². The number of amides is 1. The van der Waals surface area contributed by atoms with Gasteiger partial charge in [0.1, 0.15) is 0 Å². The van der Waals surface area contributed by atoms with Crippen LogP contribution in [0.25, 0.3) is 0 Å². The van der Waals surface area contributed by atoms with Crippen molar-refractivity contribution in [2.24, 2.45) is 0 Å². The molecule has 0 aliphatic carbocycles. The first kappa shape index (κ1) is 17.2. The molecule has 0 saturated carbocycles. The number of carbonyl (C=O) groups excluding carboxylic acids is 1. The van der Waals surface area contributed by atoms with E-state index in [-0.39, 0.29) is 29.3 Å². The molecule has 0 radical (unpaired) electrons. The Labute approximate surface area is 146 Å². The number of hydrogen-bond acceptors (Lipinski definition) is 6. The minimum absolute atomic E-state index is 0.0288. The van der Waals surface area contributed by atoms with E-state index in [0.717, 1.165) is 4.31 Å². The highest BCUT2D eigenvalue weighted by molar-refractivity contribution is 7.93. The molecule has 25 heavy (non-hydrogen) atoms. The summed E-state index contributed by atoms with van der Waals surface area (Å²) in [6.07, 6.45) is 1.80. The Morgan fingerprint density at radius 1 is 1.12 bits per heavy atom. The van der Waals surface area contributed by atoms with Crippen LogP contribution >= 0.6 is 0 Å². The Bertz CT molecular complexity index is 940. The molecule has 0 atom stereocenters. The lowest BCUT2D eigenvalue weighted by Gasteiger charge is -2.21. The number of aryl methyl sites for hydroxylation is 2. The zero-order valence-corrected chi connectivity index (χ0v) is 15.0. The third-order valence-corrected chi connectivity index (χ3v) is 5.89. The molecular weight excluding hydrogens is 344 g/mol. The average Bonchev–Trinajstić information content (AvgIpc) is 2.69. The molecule has 2 heterocycles. The number of benzene rings is 1. The van der Waals surface area contributed by atoms with Crippen molar-refractivity contribution in [3.05, 3.63) is 41.6 Å². The number of anilines is 1. The summed E-state index contributed by atoms with van der Waals surface area (Å²) in [5.41, 5.74) is 1.12. The predicted molar refractivity (Wildman–Crippen MR) is 91.5 cm³/mol. The van der Waals surface area contributed by atoms with E-state index in [9.17, 15) is 13.2 Å². The van der Waals surface area contributed by atoms with Gasteiger partial charge in [-0.15, -0.1) is 0 Å². The van der Waals surface area contributed by atoms with E-state index in [1.807, 2.05) is 0 Å². The van der Waals surface area contributed by atoms with Gasteiger partial charge in [0.05, 0.1) is 19.1 Å². The van der Waals surface area contributed by atoms with E-state index in [2.05, 4.69) is 4.98 Å². The highest BCUT2D eigenvalue weighted by atomic mass is 32.2. The van der Waals surface area contributed by atoms with Crippen LogP contribution in [0.4, 0.5) is 5.82 Å². The molecule has 1 aromatic carbocycles. The molecule has 7 nitrogen and oxygen atoms in total. The van der Waals surface area contributed by atoms with Crippen LogP contribution in [0.2, 0.25) is 0 Å². The van der Waals surface area contributed by atoms with Gasteiger partial charge in [-0.05, 0) is 36.6 Å². The van der Waals surface area contributed by atoms with E-state index in [4.69, 9.17) is 9.47 Å². The Morgan fingerprint density at radius 3 is 2.44 bits per heavy atom. The summed E-state index contributed by atoms with van der Waals surface area (Å²) in [5.74, 6) is 0.314. The number of aromatic nitrogens is 1. The van der Waals surface area contributed by atoms with Crippen molar-refractivity contribution < 1.29 is 22.7 Å². The first-order chi connectivity index (χ1) is 11.9. The Kier molecular flexibility index (Phi) is 4.38. The van der Waals surface area contributed by atoms with Gasteiger partial charge in [-0.25, -0.2) is 13.4 Å². The fourth-order valence-electron chi connectivity index (χ4n) is 2.84. The summed E-state index contributed by atoms with van der Waals surface area (Å²) in [4.78, 5) is 16.7. The number of rotatable bonds is 3. The quantitative estimate of drug-likeness (QED) is 0.831. The zero-order chi connectivity index (χ0) is 18.2. The number of ether oxygens (including phenoxy) is 2. The highest BCUT2D eigenvalue weighted by Gasteiger charge is 2.37. The molecule has 1 aliphatic rings. The van der Waals surface area contributed by atoms with Crippen molar-refractivity contribution in [1.29, 1.82) is 0 Å². The van der Waals surface area contributed by atoms with Gasteiger partial charge < -0.3 is 9.47 Å². The molecule has 0 N–H and O–H groups in total. The van der Waals surface area contributed by atoms with Gasteiger partial charge in [-0.1, -0.05) is 6.07 Å². The van der Waals surface area contributed by atoms with E-state index in [0.29, 0.717) is 16.9 Å². The van der Waals surface area contributed by atoms with Crippen LogP contribution in [0.1, 0.15) is 17.5 Å². The standard InChI is InChI=1S/C17H18N2O5S/c1-11-5-4-8-18-17(11)19-16(20)7-6-12-9-13(23-2)14(24-3)10-15(12)25(19,21)22/h4-5,8-10H,6-7H2,1-3H3. The van der Waals surface area contributed by atoms with Gasteiger partial charge in [-0.3, -0.25) is 4.79 Å². The second-order valence-electron chi connectivity index (χ2n) is 5.62. The Balaban J connectivity index is 2.26. The number of fused-ring (bicyclic) bond motifs is 1. The summed E-state index contributed by atoms with van der Waals surface area (Å²) in [5, 5.41) is 0. The van der Waals surface area contributed by atoms with Crippen LogP contribution in [0.3, 0.4) is 0 Å². The molecule has 1 aliphatic heterocycles. The lowest BCUT2D eigenvalue weighted by Crippen LogP contribution is -2.36. The van der Waals surface area contributed by atoms with Gasteiger partial charge in [0.15, 0.2) is 17.3 Å². The van der Waals surface area contributed by atoms with E-state index in [1.165, 1.54) is 26.5 Å². The lowest BCUT2D eigenvalue weighted by molar-refractivity contribution is -0.117. The molecule has 3 rings (SSSR count). The van der Waals surface area contributed by atoms with Crippen LogP contribution in [-0.2, 0) is 21.2 Å². The minimum Gasteiger partial charge on any atom is -0.493 e. The Morgan fingerprint density at radius 2 is 1.80 bits per heavy atom. The third kappa shape index (κ3) is 2.82. The predicted octanol–water partition coefficient (Wildman–Crippen LogP) is 2.08. The molecule has 8 heteroatoms. The van der Waals surface area contributed by atoms with Crippen molar-refractivity contribution in [1.82, 2.24) is 4.98 Å². The zero-order valence-electron chi connectivity index (χ0n) is 14.1. The normalized spacial score (nSPS) is 16.1. The maximum atomic E-state index is 13.2. The fraction of sp³-hybridized carbons (Fsp3) is 0.294.